The Labute approximate surface area is 160 Å². The average Bonchev–Trinajstić information content (AvgIpc) is 2.96. The summed E-state index contributed by atoms with van der Waals surface area (Å²) in [4.78, 5) is 31.2. The Bertz CT molecular complexity index is 1060. The van der Waals surface area contributed by atoms with Gasteiger partial charge in [-0.3, -0.25) is 14.2 Å². The van der Waals surface area contributed by atoms with Crippen LogP contribution in [0.2, 0.25) is 0 Å². The molecule has 3 aromatic rings. The zero-order valence-corrected chi connectivity index (χ0v) is 16.5. The summed E-state index contributed by atoms with van der Waals surface area (Å²) >= 11 is 1.51. The first-order valence-corrected chi connectivity index (χ1v) is 9.23. The molecule has 0 spiro atoms. The standard InChI is InChI=1S/C19H21N3O4S/c1-11-12(2)27-18-17(11)19(24)22(10-20-18)8-7-16(23)21-14-6-5-13(25-3)9-15(14)26-4/h5-6,9-10H,7-8H2,1-4H3,(H,21,23). The van der Waals surface area contributed by atoms with Gasteiger partial charge in [-0.25, -0.2) is 4.98 Å². The third-order valence-corrected chi connectivity index (χ3v) is 5.53. The number of hydrogen-bond donors (Lipinski definition) is 1. The fourth-order valence-electron chi connectivity index (χ4n) is 2.77. The number of amides is 1. The molecule has 1 aromatic carbocycles. The second kappa shape index (κ2) is 7.79. The van der Waals surface area contributed by atoms with E-state index in [2.05, 4.69) is 10.3 Å². The van der Waals surface area contributed by atoms with Crippen LogP contribution in [-0.2, 0) is 11.3 Å². The van der Waals surface area contributed by atoms with Crippen LogP contribution in [0.1, 0.15) is 16.9 Å². The number of carbonyl (C=O) groups is 1. The van der Waals surface area contributed by atoms with Crippen LogP contribution in [0.25, 0.3) is 10.2 Å². The van der Waals surface area contributed by atoms with Gasteiger partial charge in [0.25, 0.3) is 5.56 Å². The van der Waals surface area contributed by atoms with Crippen molar-refractivity contribution in [1.82, 2.24) is 9.55 Å². The van der Waals surface area contributed by atoms with Gasteiger partial charge in [-0.05, 0) is 31.5 Å². The molecule has 0 aliphatic carbocycles. The number of aromatic nitrogens is 2. The van der Waals surface area contributed by atoms with Gasteiger partial charge in [0, 0.05) is 23.9 Å². The molecule has 0 atom stereocenters. The van der Waals surface area contributed by atoms with Crippen LogP contribution in [0.15, 0.2) is 29.3 Å². The Morgan fingerprint density at radius 3 is 2.74 bits per heavy atom. The Balaban J connectivity index is 1.73. The summed E-state index contributed by atoms with van der Waals surface area (Å²) in [5.74, 6) is 0.924. The number of benzene rings is 1. The summed E-state index contributed by atoms with van der Waals surface area (Å²) in [5.41, 5.74) is 1.39. The molecule has 27 heavy (non-hydrogen) atoms. The van der Waals surface area contributed by atoms with Gasteiger partial charge in [-0.2, -0.15) is 0 Å². The molecule has 0 aliphatic rings. The fourth-order valence-corrected chi connectivity index (χ4v) is 3.75. The number of aryl methyl sites for hydroxylation is 3. The number of hydrogen-bond acceptors (Lipinski definition) is 6. The van der Waals surface area contributed by atoms with E-state index in [1.807, 2.05) is 13.8 Å². The third kappa shape index (κ3) is 3.80. The predicted molar refractivity (Wildman–Crippen MR) is 106 cm³/mol. The fraction of sp³-hybridized carbons (Fsp3) is 0.316. The SMILES string of the molecule is COc1ccc(NC(=O)CCn2cnc3sc(C)c(C)c3c2=O)c(OC)c1. The highest BCUT2D eigenvalue weighted by molar-refractivity contribution is 7.18. The minimum atomic E-state index is -0.219. The van der Waals surface area contributed by atoms with Gasteiger partial charge in [-0.1, -0.05) is 0 Å². The molecule has 0 saturated carbocycles. The van der Waals surface area contributed by atoms with Crippen molar-refractivity contribution in [3.8, 4) is 11.5 Å². The van der Waals surface area contributed by atoms with E-state index in [1.165, 1.54) is 29.3 Å². The molecule has 1 N–H and O–H groups in total. The minimum absolute atomic E-state index is 0.114. The number of ether oxygens (including phenoxy) is 2. The summed E-state index contributed by atoms with van der Waals surface area (Å²) in [5, 5.41) is 3.44. The van der Waals surface area contributed by atoms with Crippen LogP contribution in [0.4, 0.5) is 5.69 Å². The molecular weight excluding hydrogens is 366 g/mol. The zero-order chi connectivity index (χ0) is 19.6. The van der Waals surface area contributed by atoms with Gasteiger partial charge in [0.2, 0.25) is 5.91 Å². The van der Waals surface area contributed by atoms with E-state index in [1.54, 1.807) is 25.3 Å². The maximum Gasteiger partial charge on any atom is 0.262 e. The van der Waals surface area contributed by atoms with Crippen molar-refractivity contribution in [2.45, 2.75) is 26.8 Å². The second-order valence-electron chi connectivity index (χ2n) is 6.07. The lowest BCUT2D eigenvalue weighted by Gasteiger charge is -2.12. The van der Waals surface area contributed by atoms with Crippen LogP contribution in [-0.4, -0.2) is 29.7 Å². The molecule has 0 radical (unpaired) electrons. The number of thiophene rings is 1. The number of nitrogens with one attached hydrogen (secondary N) is 1. The van der Waals surface area contributed by atoms with E-state index in [0.29, 0.717) is 22.6 Å². The molecule has 0 saturated heterocycles. The highest BCUT2D eigenvalue weighted by atomic mass is 32.1. The van der Waals surface area contributed by atoms with E-state index in [-0.39, 0.29) is 24.4 Å². The average molecular weight is 387 g/mol. The molecule has 1 amide bonds. The molecular formula is C19H21N3O4S. The van der Waals surface area contributed by atoms with E-state index in [4.69, 9.17) is 9.47 Å². The quantitative estimate of drug-likeness (QED) is 0.703. The Kier molecular flexibility index (Phi) is 5.46. The summed E-state index contributed by atoms with van der Waals surface area (Å²) in [6, 6.07) is 5.15. The lowest BCUT2D eigenvalue weighted by molar-refractivity contribution is -0.116. The van der Waals surface area contributed by atoms with Crippen molar-refractivity contribution in [3.05, 3.63) is 45.3 Å². The third-order valence-electron chi connectivity index (χ3n) is 4.42. The maximum atomic E-state index is 12.7. The first-order valence-electron chi connectivity index (χ1n) is 8.41. The molecule has 8 heteroatoms. The van der Waals surface area contributed by atoms with Gasteiger partial charge in [0.1, 0.15) is 16.3 Å². The summed E-state index contributed by atoms with van der Waals surface area (Å²) in [7, 11) is 3.09. The summed E-state index contributed by atoms with van der Waals surface area (Å²) in [6.07, 6.45) is 1.64. The van der Waals surface area contributed by atoms with Crippen molar-refractivity contribution in [1.29, 1.82) is 0 Å². The number of nitrogens with zero attached hydrogens (tertiary/aromatic N) is 2. The number of carbonyl (C=O) groups excluding carboxylic acids is 1. The number of fused-ring (bicyclic) bond motifs is 1. The first kappa shape index (κ1) is 18.9. The molecule has 7 nitrogen and oxygen atoms in total. The van der Waals surface area contributed by atoms with Crippen LogP contribution in [0.3, 0.4) is 0 Å². The zero-order valence-electron chi connectivity index (χ0n) is 15.7. The second-order valence-corrected chi connectivity index (χ2v) is 7.27. The van der Waals surface area contributed by atoms with Crippen LogP contribution >= 0.6 is 11.3 Å². The van der Waals surface area contributed by atoms with Crippen LogP contribution < -0.4 is 20.3 Å². The Morgan fingerprint density at radius 2 is 2.04 bits per heavy atom. The van der Waals surface area contributed by atoms with Gasteiger partial charge in [0.15, 0.2) is 0 Å². The molecule has 142 valence electrons. The topological polar surface area (TPSA) is 82.5 Å². The lowest BCUT2D eigenvalue weighted by atomic mass is 10.2. The van der Waals surface area contributed by atoms with Crippen molar-refractivity contribution in [2.75, 3.05) is 19.5 Å². The normalized spacial score (nSPS) is 10.8. The van der Waals surface area contributed by atoms with E-state index in [0.717, 1.165) is 15.3 Å². The van der Waals surface area contributed by atoms with Gasteiger partial charge >= 0.3 is 0 Å². The summed E-state index contributed by atoms with van der Waals surface area (Å²) in [6.45, 7) is 4.14. The molecule has 0 aliphatic heterocycles. The van der Waals surface area contributed by atoms with Crippen molar-refractivity contribution < 1.29 is 14.3 Å². The largest absolute Gasteiger partial charge is 0.497 e. The number of methoxy groups -OCH3 is 2. The Hall–Kier alpha value is -2.87. The highest BCUT2D eigenvalue weighted by Crippen LogP contribution is 2.29. The van der Waals surface area contributed by atoms with Crippen LogP contribution in [0.5, 0.6) is 11.5 Å². The molecule has 0 unspecified atom stereocenters. The molecule has 0 fully saturated rings. The van der Waals surface area contributed by atoms with E-state index < -0.39 is 0 Å². The lowest BCUT2D eigenvalue weighted by Crippen LogP contribution is -2.23. The Morgan fingerprint density at radius 1 is 1.26 bits per heavy atom. The van der Waals surface area contributed by atoms with Gasteiger partial charge in [-0.15, -0.1) is 11.3 Å². The van der Waals surface area contributed by atoms with Crippen molar-refractivity contribution in [3.63, 3.8) is 0 Å². The van der Waals surface area contributed by atoms with E-state index >= 15 is 0 Å². The molecule has 2 aromatic heterocycles. The smallest absolute Gasteiger partial charge is 0.262 e. The van der Waals surface area contributed by atoms with Crippen LogP contribution in [0, 0.1) is 13.8 Å². The van der Waals surface area contributed by atoms with Crippen molar-refractivity contribution in [2.24, 2.45) is 0 Å². The number of anilines is 1. The van der Waals surface area contributed by atoms with Gasteiger partial charge in [0.05, 0.1) is 31.6 Å². The predicted octanol–water partition coefficient (Wildman–Crippen LogP) is 3.12. The van der Waals surface area contributed by atoms with Crippen molar-refractivity contribution >= 4 is 33.1 Å². The minimum Gasteiger partial charge on any atom is -0.497 e. The molecule has 2 heterocycles. The van der Waals surface area contributed by atoms with Gasteiger partial charge < -0.3 is 14.8 Å². The monoisotopic (exact) mass is 387 g/mol. The first-order chi connectivity index (χ1) is 12.9. The van der Waals surface area contributed by atoms with E-state index in [9.17, 15) is 9.59 Å². The highest BCUT2D eigenvalue weighted by Gasteiger charge is 2.13. The maximum absolute atomic E-state index is 12.7. The number of rotatable bonds is 6. The molecule has 0 bridgehead atoms. The molecule has 3 rings (SSSR count). The summed E-state index contributed by atoms with van der Waals surface area (Å²) < 4.78 is 11.9.